The Morgan fingerprint density at radius 3 is 2.42 bits per heavy atom. The van der Waals surface area contributed by atoms with E-state index in [1.54, 1.807) is 0 Å². The number of anilines is 1. The topological polar surface area (TPSA) is 32.5 Å². The number of benzene rings is 1. The van der Waals surface area contributed by atoms with Crippen LogP contribution in [0.3, 0.4) is 0 Å². The van der Waals surface area contributed by atoms with Crippen LogP contribution in [0.1, 0.15) is 24.5 Å². The van der Waals surface area contributed by atoms with E-state index < -0.39 is 0 Å². The number of hydrogen-bond donors (Lipinski definition) is 1. The third kappa shape index (κ3) is 5.21. The first kappa shape index (κ1) is 16.0. The number of likely N-dealkylation sites (N-methyl/N-ethyl adjacent to an activating group) is 1. The highest BCUT2D eigenvalue weighted by Gasteiger charge is 2.10. The van der Waals surface area contributed by atoms with Gasteiger partial charge in [0.15, 0.2) is 0 Å². The van der Waals surface area contributed by atoms with E-state index in [0.29, 0.717) is 6.54 Å². The van der Waals surface area contributed by atoms with E-state index in [4.69, 9.17) is 5.73 Å². The number of aryl methyl sites for hydroxylation is 1. The SMILES string of the molecule is CCCN(CCN(C)C)c1ccc(C)cc1CCN. The van der Waals surface area contributed by atoms with Gasteiger partial charge in [-0.1, -0.05) is 24.6 Å². The van der Waals surface area contributed by atoms with Crippen molar-refractivity contribution in [3.63, 3.8) is 0 Å². The molecule has 0 unspecified atom stereocenters. The Morgan fingerprint density at radius 1 is 1.11 bits per heavy atom. The lowest BCUT2D eigenvalue weighted by Crippen LogP contribution is -2.33. The summed E-state index contributed by atoms with van der Waals surface area (Å²) in [5.41, 5.74) is 9.81. The Labute approximate surface area is 118 Å². The standard InChI is InChI=1S/C16H29N3/c1-5-10-19(12-11-18(3)4)16-7-6-14(2)13-15(16)8-9-17/h6-7,13H,5,8-12,17H2,1-4H3. The zero-order chi connectivity index (χ0) is 14.3. The molecule has 0 aliphatic carbocycles. The number of rotatable bonds is 8. The van der Waals surface area contributed by atoms with Crippen molar-refractivity contribution in [2.75, 3.05) is 45.2 Å². The molecule has 108 valence electrons. The fourth-order valence-electron chi connectivity index (χ4n) is 2.32. The zero-order valence-corrected chi connectivity index (χ0v) is 12.9. The maximum atomic E-state index is 5.75. The van der Waals surface area contributed by atoms with Crippen molar-refractivity contribution in [3.8, 4) is 0 Å². The zero-order valence-electron chi connectivity index (χ0n) is 12.9. The van der Waals surface area contributed by atoms with Crippen LogP contribution in [0.15, 0.2) is 18.2 Å². The van der Waals surface area contributed by atoms with Crippen LogP contribution >= 0.6 is 0 Å². The predicted molar refractivity (Wildman–Crippen MR) is 85.0 cm³/mol. The molecule has 3 nitrogen and oxygen atoms in total. The summed E-state index contributed by atoms with van der Waals surface area (Å²) in [7, 11) is 4.25. The average molecular weight is 263 g/mol. The van der Waals surface area contributed by atoms with E-state index in [-0.39, 0.29) is 0 Å². The van der Waals surface area contributed by atoms with Crippen LogP contribution in [0.4, 0.5) is 5.69 Å². The monoisotopic (exact) mass is 263 g/mol. The first-order valence-electron chi connectivity index (χ1n) is 7.27. The average Bonchev–Trinajstić information content (AvgIpc) is 2.35. The first-order valence-corrected chi connectivity index (χ1v) is 7.27. The van der Waals surface area contributed by atoms with E-state index >= 15 is 0 Å². The van der Waals surface area contributed by atoms with Gasteiger partial charge in [-0.05, 0) is 52.0 Å². The van der Waals surface area contributed by atoms with Gasteiger partial charge in [-0.25, -0.2) is 0 Å². The fourth-order valence-corrected chi connectivity index (χ4v) is 2.32. The number of nitrogens with zero attached hydrogens (tertiary/aromatic N) is 2. The molecule has 0 spiro atoms. The largest absolute Gasteiger partial charge is 0.370 e. The van der Waals surface area contributed by atoms with E-state index in [0.717, 1.165) is 26.1 Å². The predicted octanol–water partition coefficient (Wildman–Crippen LogP) is 2.27. The van der Waals surface area contributed by atoms with Crippen molar-refractivity contribution >= 4 is 5.69 Å². The Kier molecular flexibility index (Phi) is 6.89. The van der Waals surface area contributed by atoms with Crippen molar-refractivity contribution in [2.45, 2.75) is 26.7 Å². The molecule has 0 bridgehead atoms. The quantitative estimate of drug-likeness (QED) is 0.781. The molecule has 1 aromatic carbocycles. The second-order valence-electron chi connectivity index (χ2n) is 5.46. The van der Waals surface area contributed by atoms with Gasteiger partial charge in [-0.15, -0.1) is 0 Å². The van der Waals surface area contributed by atoms with E-state index in [2.05, 4.69) is 55.9 Å². The molecule has 0 radical (unpaired) electrons. The molecule has 3 heteroatoms. The maximum Gasteiger partial charge on any atom is 0.0399 e. The Morgan fingerprint density at radius 2 is 1.84 bits per heavy atom. The van der Waals surface area contributed by atoms with Gasteiger partial charge in [0.05, 0.1) is 0 Å². The molecule has 0 aliphatic heterocycles. The second-order valence-corrected chi connectivity index (χ2v) is 5.46. The molecule has 0 aromatic heterocycles. The molecule has 0 atom stereocenters. The molecule has 1 aromatic rings. The number of hydrogen-bond acceptors (Lipinski definition) is 3. The summed E-state index contributed by atoms with van der Waals surface area (Å²) in [6, 6.07) is 6.74. The molecule has 2 N–H and O–H groups in total. The van der Waals surface area contributed by atoms with Crippen LogP contribution in [0.2, 0.25) is 0 Å². The molecule has 0 saturated carbocycles. The molecule has 0 saturated heterocycles. The van der Waals surface area contributed by atoms with Crippen LogP contribution in [0.25, 0.3) is 0 Å². The summed E-state index contributed by atoms with van der Waals surface area (Å²) >= 11 is 0. The summed E-state index contributed by atoms with van der Waals surface area (Å²) in [6.45, 7) is 8.35. The Bertz CT molecular complexity index is 374. The van der Waals surface area contributed by atoms with Crippen molar-refractivity contribution in [3.05, 3.63) is 29.3 Å². The summed E-state index contributed by atoms with van der Waals surface area (Å²) in [4.78, 5) is 4.73. The summed E-state index contributed by atoms with van der Waals surface area (Å²) < 4.78 is 0. The van der Waals surface area contributed by atoms with E-state index in [9.17, 15) is 0 Å². The third-order valence-electron chi connectivity index (χ3n) is 3.30. The minimum atomic E-state index is 0.712. The lowest BCUT2D eigenvalue weighted by molar-refractivity contribution is 0.413. The normalized spacial score (nSPS) is 11.1. The second kappa shape index (κ2) is 8.18. The van der Waals surface area contributed by atoms with Gasteiger partial charge in [0.25, 0.3) is 0 Å². The molecular weight excluding hydrogens is 234 g/mol. The molecular formula is C16H29N3. The molecule has 0 amide bonds. The molecule has 0 heterocycles. The minimum Gasteiger partial charge on any atom is -0.370 e. The van der Waals surface area contributed by atoms with Crippen LogP contribution in [-0.2, 0) is 6.42 Å². The van der Waals surface area contributed by atoms with Crippen LogP contribution in [-0.4, -0.2) is 45.2 Å². The third-order valence-corrected chi connectivity index (χ3v) is 3.30. The molecule has 1 rings (SSSR count). The smallest absolute Gasteiger partial charge is 0.0399 e. The summed E-state index contributed by atoms with van der Waals surface area (Å²) in [5, 5.41) is 0. The Hall–Kier alpha value is -1.06. The van der Waals surface area contributed by atoms with Gasteiger partial charge in [-0.2, -0.15) is 0 Å². The van der Waals surface area contributed by atoms with E-state index in [1.165, 1.54) is 23.2 Å². The van der Waals surface area contributed by atoms with Crippen molar-refractivity contribution in [1.29, 1.82) is 0 Å². The minimum absolute atomic E-state index is 0.712. The lowest BCUT2D eigenvalue weighted by Gasteiger charge is -2.28. The van der Waals surface area contributed by atoms with Crippen LogP contribution in [0.5, 0.6) is 0 Å². The molecule has 0 fully saturated rings. The first-order chi connectivity index (χ1) is 9.08. The van der Waals surface area contributed by atoms with Crippen LogP contribution < -0.4 is 10.6 Å². The molecule has 19 heavy (non-hydrogen) atoms. The van der Waals surface area contributed by atoms with Crippen molar-refractivity contribution in [1.82, 2.24) is 4.90 Å². The Balaban J connectivity index is 2.92. The highest BCUT2D eigenvalue weighted by atomic mass is 15.2. The van der Waals surface area contributed by atoms with Gasteiger partial charge in [0, 0.05) is 25.3 Å². The van der Waals surface area contributed by atoms with Crippen molar-refractivity contribution < 1.29 is 0 Å². The highest BCUT2D eigenvalue weighted by Crippen LogP contribution is 2.22. The fraction of sp³-hybridized carbons (Fsp3) is 0.625. The van der Waals surface area contributed by atoms with Gasteiger partial charge in [-0.3, -0.25) is 0 Å². The summed E-state index contributed by atoms with van der Waals surface area (Å²) in [6.07, 6.45) is 2.13. The lowest BCUT2D eigenvalue weighted by atomic mass is 10.0. The van der Waals surface area contributed by atoms with Crippen LogP contribution in [0, 0.1) is 6.92 Å². The maximum absolute atomic E-state index is 5.75. The number of nitrogens with two attached hydrogens (primary N) is 1. The van der Waals surface area contributed by atoms with Gasteiger partial charge in [0.2, 0.25) is 0 Å². The highest BCUT2D eigenvalue weighted by molar-refractivity contribution is 5.55. The molecule has 0 aliphatic rings. The van der Waals surface area contributed by atoms with Gasteiger partial charge >= 0.3 is 0 Å². The van der Waals surface area contributed by atoms with E-state index in [1.807, 2.05) is 0 Å². The summed E-state index contributed by atoms with van der Waals surface area (Å²) in [5.74, 6) is 0. The van der Waals surface area contributed by atoms with Gasteiger partial charge in [0.1, 0.15) is 0 Å². The van der Waals surface area contributed by atoms with Crippen molar-refractivity contribution in [2.24, 2.45) is 5.73 Å². The van der Waals surface area contributed by atoms with Gasteiger partial charge < -0.3 is 15.5 Å².